The van der Waals surface area contributed by atoms with E-state index in [2.05, 4.69) is 9.97 Å². The standard InChI is InChI=1S/C11H13N3O2.ClH/c1-14(2)11-12-9-6-7(16-3)4-5-8(9)10(15)13-11;/h4-6H,1-3H3,(H,12,13,15);1H. The Hall–Kier alpha value is -1.75. The fourth-order valence-electron chi connectivity index (χ4n) is 1.45. The van der Waals surface area contributed by atoms with E-state index in [0.29, 0.717) is 22.6 Å². The third-order valence-electron chi connectivity index (χ3n) is 2.32. The lowest BCUT2D eigenvalue weighted by molar-refractivity contribution is 0.415. The number of hydrogen-bond donors (Lipinski definition) is 1. The van der Waals surface area contributed by atoms with Crippen LogP contribution in [0, 0.1) is 0 Å². The second-order valence-electron chi connectivity index (χ2n) is 3.67. The number of ether oxygens (including phenoxy) is 1. The number of rotatable bonds is 2. The monoisotopic (exact) mass is 255 g/mol. The first-order valence-corrected chi connectivity index (χ1v) is 4.87. The summed E-state index contributed by atoms with van der Waals surface area (Å²) >= 11 is 0. The number of nitrogens with one attached hydrogen (secondary N) is 1. The molecule has 5 nitrogen and oxygen atoms in total. The van der Waals surface area contributed by atoms with Crippen molar-refractivity contribution in [3.63, 3.8) is 0 Å². The molecule has 1 heterocycles. The zero-order valence-electron chi connectivity index (χ0n) is 9.85. The molecule has 0 aliphatic carbocycles. The Bertz CT molecular complexity index is 580. The molecule has 0 amide bonds. The van der Waals surface area contributed by atoms with E-state index >= 15 is 0 Å². The number of H-pyrrole nitrogens is 1. The number of methoxy groups -OCH3 is 1. The molecular weight excluding hydrogens is 242 g/mol. The molecule has 1 aromatic heterocycles. The zero-order chi connectivity index (χ0) is 11.7. The third kappa shape index (κ3) is 2.50. The number of nitrogens with zero attached hydrogens (tertiary/aromatic N) is 2. The predicted molar refractivity (Wildman–Crippen MR) is 70.5 cm³/mol. The molecule has 0 atom stereocenters. The summed E-state index contributed by atoms with van der Waals surface area (Å²) in [6, 6.07) is 5.20. The van der Waals surface area contributed by atoms with Crippen LogP contribution in [0.4, 0.5) is 5.95 Å². The molecule has 0 bridgehead atoms. The van der Waals surface area contributed by atoms with Gasteiger partial charge in [0.25, 0.3) is 5.56 Å². The quantitative estimate of drug-likeness (QED) is 0.882. The van der Waals surface area contributed by atoms with Gasteiger partial charge in [0.1, 0.15) is 5.75 Å². The van der Waals surface area contributed by atoms with Gasteiger partial charge in [0.05, 0.1) is 18.0 Å². The van der Waals surface area contributed by atoms with E-state index in [9.17, 15) is 4.79 Å². The summed E-state index contributed by atoms with van der Waals surface area (Å²) in [5.41, 5.74) is 0.489. The van der Waals surface area contributed by atoms with Gasteiger partial charge in [0.15, 0.2) is 0 Å². The summed E-state index contributed by atoms with van der Waals surface area (Å²) in [6.45, 7) is 0. The highest BCUT2D eigenvalue weighted by Crippen LogP contribution is 2.17. The minimum atomic E-state index is -0.142. The second kappa shape index (κ2) is 5.05. The van der Waals surface area contributed by atoms with Gasteiger partial charge in [-0.3, -0.25) is 9.78 Å². The van der Waals surface area contributed by atoms with E-state index in [1.54, 1.807) is 30.2 Å². The predicted octanol–water partition coefficient (Wildman–Crippen LogP) is 1.42. The molecule has 92 valence electrons. The Morgan fingerprint density at radius 2 is 2.06 bits per heavy atom. The summed E-state index contributed by atoms with van der Waals surface area (Å²) < 4.78 is 5.10. The van der Waals surface area contributed by atoms with Crippen molar-refractivity contribution in [2.45, 2.75) is 0 Å². The van der Waals surface area contributed by atoms with Crippen molar-refractivity contribution in [3.8, 4) is 5.75 Å². The molecule has 0 aliphatic heterocycles. The van der Waals surface area contributed by atoms with E-state index in [-0.39, 0.29) is 18.0 Å². The molecule has 0 saturated heterocycles. The van der Waals surface area contributed by atoms with Gasteiger partial charge < -0.3 is 9.64 Å². The van der Waals surface area contributed by atoms with Gasteiger partial charge in [0.2, 0.25) is 5.95 Å². The highest BCUT2D eigenvalue weighted by Gasteiger charge is 2.05. The number of aromatic amines is 1. The van der Waals surface area contributed by atoms with Crippen LogP contribution in [0.3, 0.4) is 0 Å². The van der Waals surface area contributed by atoms with Crippen molar-refractivity contribution in [2.75, 3.05) is 26.1 Å². The largest absolute Gasteiger partial charge is 0.497 e. The summed E-state index contributed by atoms with van der Waals surface area (Å²) in [6.07, 6.45) is 0. The highest BCUT2D eigenvalue weighted by atomic mass is 35.5. The van der Waals surface area contributed by atoms with Crippen LogP contribution in [0.2, 0.25) is 0 Å². The van der Waals surface area contributed by atoms with E-state index < -0.39 is 0 Å². The van der Waals surface area contributed by atoms with Crippen molar-refractivity contribution < 1.29 is 4.74 Å². The lowest BCUT2D eigenvalue weighted by Gasteiger charge is -2.11. The van der Waals surface area contributed by atoms with Crippen LogP contribution in [0.1, 0.15) is 0 Å². The Morgan fingerprint density at radius 1 is 1.35 bits per heavy atom. The lowest BCUT2D eigenvalue weighted by atomic mass is 10.2. The average Bonchev–Trinajstić information content (AvgIpc) is 2.28. The van der Waals surface area contributed by atoms with Crippen LogP contribution < -0.4 is 15.2 Å². The molecule has 0 spiro atoms. The van der Waals surface area contributed by atoms with E-state index in [0.717, 1.165) is 0 Å². The van der Waals surface area contributed by atoms with Crippen LogP contribution in [-0.4, -0.2) is 31.2 Å². The second-order valence-corrected chi connectivity index (χ2v) is 3.67. The number of anilines is 1. The van der Waals surface area contributed by atoms with Gasteiger partial charge in [0, 0.05) is 20.2 Å². The van der Waals surface area contributed by atoms with Crippen molar-refractivity contribution >= 4 is 29.3 Å². The molecule has 0 aliphatic rings. The first kappa shape index (κ1) is 13.3. The lowest BCUT2D eigenvalue weighted by Crippen LogP contribution is -2.18. The zero-order valence-corrected chi connectivity index (χ0v) is 10.7. The average molecular weight is 256 g/mol. The topological polar surface area (TPSA) is 58.2 Å². The molecule has 0 fully saturated rings. The first-order chi connectivity index (χ1) is 7.61. The molecule has 1 N–H and O–H groups in total. The van der Waals surface area contributed by atoms with Gasteiger partial charge in [-0.1, -0.05) is 0 Å². The first-order valence-electron chi connectivity index (χ1n) is 4.87. The highest BCUT2D eigenvalue weighted by molar-refractivity contribution is 5.85. The van der Waals surface area contributed by atoms with Gasteiger partial charge in [-0.25, -0.2) is 4.98 Å². The number of halogens is 1. The SMILES string of the molecule is COc1ccc2c(=O)[nH]c(N(C)C)nc2c1.Cl. The fraction of sp³-hybridized carbons (Fsp3) is 0.273. The van der Waals surface area contributed by atoms with Crippen molar-refractivity contribution in [1.29, 1.82) is 0 Å². The Kier molecular flexibility index (Phi) is 3.96. The molecule has 6 heteroatoms. The van der Waals surface area contributed by atoms with E-state index in [1.807, 2.05) is 14.1 Å². The fourth-order valence-corrected chi connectivity index (χ4v) is 1.45. The molecule has 17 heavy (non-hydrogen) atoms. The third-order valence-corrected chi connectivity index (χ3v) is 2.32. The molecule has 2 aromatic rings. The van der Waals surface area contributed by atoms with E-state index in [1.165, 1.54) is 0 Å². The van der Waals surface area contributed by atoms with Crippen molar-refractivity contribution in [1.82, 2.24) is 9.97 Å². The Balaban J connectivity index is 0.00000144. The molecule has 0 radical (unpaired) electrons. The maximum atomic E-state index is 11.7. The van der Waals surface area contributed by atoms with Crippen LogP contribution >= 0.6 is 12.4 Å². The minimum absolute atomic E-state index is 0. The summed E-state index contributed by atoms with van der Waals surface area (Å²) in [7, 11) is 5.23. The van der Waals surface area contributed by atoms with Gasteiger partial charge in [-0.05, 0) is 12.1 Å². The summed E-state index contributed by atoms with van der Waals surface area (Å²) in [5, 5.41) is 0.561. The van der Waals surface area contributed by atoms with Crippen molar-refractivity contribution in [2.24, 2.45) is 0 Å². The molecule has 0 unspecified atom stereocenters. The Labute approximate surface area is 105 Å². The normalized spacial score (nSPS) is 9.82. The van der Waals surface area contributed by atoms with E-state index in [4.69, 9.17) is 4.74 Å². The summed E-state index contributed by atoms with van der Waals surface area (Å²) in [4.78, 5) is 20.5. The maximum Gasteiger partial charge on any atom is 0.260 e. The van der Waals surface area contributed by atoms with Crippen LogP contribution in [0.25, 0.3) is 10.9 Å². The molecular formula is C11H14ClN3O2. The van der Waals surface area contributed by atoms with Gasteiger partial charge in [-0.15, -0.1) is 12.4 Å². The maximum absolute atomic E-state index is 11.7. The number of fused-ring (bicyclic) bond motifs is 1. The number of benzene rings is 1. The number of hydrogen-bond acceptors (Lipinski definition) is 4. The van der Waals surface area contributed by atoms with Crippen LogP contribution in [-0.2, 0) is 0 Å². The summed E-state index contributed by atoms with van der Waals surface area (Å²) in [5.74, 6) is 1.22. The number of aromatic nitrogens is 2. The van der Waals surface area contributed by atoms with Gasteiger partial charge in [-0.2, -0.15) is 0 Å². The Morgan fingerprint density at radius 3 is 2.65 bits per heavy atom. The van der Waals surface area contributed by atoms with Crippen LogP contribution in [0.5, 0.6) is 5.75 Å². The van der Waals surface area contributed by atoms with Gasteiger partial charge >= 0.3 is 0 Å². The minimum Gasteiger partial charge on any atom is -0.497 e. The van der Waals surface area contributed by atoms with Crippen LogP contribution in [0.15, 0.2) is 23.0 Å². The molecule has 2 rings (SSSR count). The van der Waals surface area contributed by atoms with Crippen molar-refractivity contribution in [3.05, 3.63) is 28.6 Å². The molecule has 1 aromatic carbocycles. The molecule has 0 saturated carbocycles. The smallest absolute Gasteiger partial charge is 0.260 e.